The Morgan fingerprint density at radius 2 is 2.12 bits per heavy atom. The van der Waals surface area contributed by atoms with Crippen molar-refractivity contribution in [2.24, 2.45) is 4.99 Å². The zero-order valence-electron chi connectivity index (χ0n) is 14.6. The number of amides is 1. The van der Waals surface area contributed by atoms with Gasteiger partial charge in [-0.2, -0.15) is 4.99 Å². The maximum Gasteiger partial charge on any atom is 0.279 e. The molecular weight excluding hydrogens is 367 g/mol. The van der Waals surface area contributed by atoms with Gasteiger partial charge >= 0.3 is 0 Å². The number of hydrogen-bond acceptors (Lipinski definition) is 3. The summed E-state index contributed by atoms with van der Waals surface area (Å²) in [6.07, 6.45) is 1.67. The van der Waals surface area contributed by atoms with Crippen LogP contribution in [0.15, 0.2) is 65.0 Å². The molecule has 0 bridgehead atoms. The Kier molecular flexibility index (Phi) is 5.74. The van der Waals surface area contributed by atoms with E-state index < -0.39 is 0 Å². The molecule has 3 nitrogen and oxygen atoms in total. The topological polar surface area (TPSA) is 34.4 Å². The molecule has 0 radical (unpaired) electrons. The summed E-state index contributed by atoms with van der Waals surface area (Å²) in [6.45, 7) is 8.32. The Bertz CT molecular complexity index is 1030. The standard InChI is InChI=1S/C20H19FN2OS2/c1-4-11-23-18-16(21)9-6-10-17(18)26-20(23)22-19(24)14-7-5-8-15(12-14)25-13(2)3/h4-10,12-13H,1,11H2,2-3H3. The molecule has 3 rings (SSSR count). The monoisotopic (exact) mass is 386 g/mol. The van der Waals surface area contributed by atoms with Crippen LogP contribution in [-0.4, -0.2) is 15.7 Å². The molecule has 0 aliphatic rings. The number of nitrogens with zero attached hydrogens (tertiary/aromatic N) is 2. The van der Waals surface area contributed by atoms with Crippen LogP contribution in [-0.2, 0) is 6.54 Å². The quantitative estimate of drug-likeness (QED) is 0.442. The van der Waals surface area contributed by atoms with Crippen LogP contribution in [0.25, 0.3) is 10.2 Å². The summed E-state index contributed by atoms with van der Waals surface area (Å²) in [5.41, 5.74) is 0.979. The minimum Gasteiger partial charge on any atom is -0.310 e. The zero-order chi connectivity index (χ0) is 18.7. The van der Waals surface area contributed by atoms with Crippen molar-refractivity contribution in [1.29, 1.82) is 0 Å². The van der Waals surface area contributed by atoms with Crippen molar-refractivity contribution in [3.8, 4) is 0 Å². The van der Waals surface area contributed by atoms with Crippen molar-refractivity contribution >= 4 is 39.2 Å². The number of carbonyl (C=O) groups is 1. The summed E-state index contributed by atoms with van der Waals surface area (Å²) in [5, 5.41) is 0.428. The van der Waals surface area contributed by atoms with E-state index in [9.17, 15) is 9.18 Å². The van der Waals surface area contributed by atoms with E-state index in [4.69, 9.17) is 0 Å². The Hall–Kier alpha value is -2.18. The minimum absolute atomic E-state index is 0.329. The lowest BCUT2D eigenvalue weighted by Crippen LogP contribution is -2.16. The van der Waals surface area contributed by atoms with Crippen LogP contribution in [0.1, 0.15) is 24.2 Å². The number of aromatic nitrogens is 1. The van der Waals surface area contributed by atoms with Gasteiger partial charge in [-0.15, -0.1) is 18.3 Å². The molecule has 1 heterocycles. The summed E-state index contributed by atoms with van der Waals surface area (Å²) < 4.78 is 16.7. The SMILES string of the molecule is C=CCn1c(=NC(=O)c2cccc(SC(C)C)c2)sc2cccc(F)c21. The van der Waals surface area contributed by atoms with Gasteiger partial charge in [0, 0.05) is 22.3 Å². The molecule has 0 fully saturated rings. The van der Waals surface area contributed by atoms with Gasteiger partial charge in [0.15, 0.2) is 4.80 Å². The van der Waals surface area contributed by atoms with Crippen LogP contribution in [0.2, 0.25) is 0 Å². The molecule has 0 N–H and O–H groups in total. The van der Waals surface area contributed by atoms with E-state index in [1.54, 1.807) is 34.5 Å². The van der Waals surface area contributed by atoms with Crippen molar-refractivity contribution in [2.75, 3.05) is 0 Å². The molecule has 134 valence electrons. The van der Waals surface area contributed by atoms with E-state index in [1.807, 2.05) is 24.3 Å². The molecule has 3 aromatic rings. The van der Waals surface area contributed by atoms with Gasteiger partial charge in [-0.05, 0) is 30.3 Å². The van der Waals surface area contributed by atoms with Crippen molar-refractivity contribution in [2.45, 2.75) is 30.5 Å². The van der Waals surface area contributed by atoms with Gasteiger partial charge < -0.3 is 4.57 Å². The maximum absolute atomic E-state index is 14.2. The second-order valence-corrected chi connectivity index (χ2v) is 8.64. The number of rotatable bonds is 5. The summed E-state index contributed by atoms with van der Waals surface area (Å²) in [7, 11) is 0. The first-order chi connectivity index (χ1) is 12.5. The van der Waals surface area contributed by atoms with Crippen LogP contribution >= 0.6 is 23.1 Å². The predicted molar refractivity (Wildman–Crippen MR) is 107 cm³/mol. The second-order valence-electron chi connectivity index (χ2n) is 5.98. The molecule has 0 spiro atoms. The van der Waals surface area contributed by atoms with Crippen LogP contribution in [0.5, 0.6) is 0 Å². The van der Waals surface area contributed by atoms with Crippen molar-refractivity contribution in [1.82, 2.24) is 4.57 Å². The van der Waals surface area contributed by atoms with Gasteiger partial charge in [0.1, 0.15) is 5.82 Å². The molecule has 0 saturated carbocycles. The third-order valence-electron chi connectivity index (χ3n) is 3.61. The number of fused-ring (bicyclic) bond motifs is 1. The molecule has 26 heavy (non-hydrogen) atoms. The number of carbonyl (C=O) groups excluding carboxylic acids is 1. The molecule has 2 aromatic carbocycles. The second kappa shape index (κ2) is 8.01. The third kappa shape index (κ3) is 3.97. The highest BCUT2D eigenvalue weighted by molar-refractivity contribution is 7.99. The molecule has 0 unspecified atom stereocenters. The average Bonchev–Trinajstić information content (AvgIpc) is 2.93. The fourth-order valence-electron chi connectivity index (χ4n) is 2.60. The van der Waals surface area contributed by atoms with E-state index >= 15 is 0 Å². The number of halogens is 1. The van der Waals surface area contributed by atoms with Gasteiger partial charge in [0.2, 0.25) is 0 Å². The first kappa shape index (κ1) is 18.6. The predicted octanol–water partition coefficient (Wildman–Crippen LogP) is 5.27. The first-order valence-corrected chi connectivity index (χ1v) is 9.93. The lowest BCUT2D eigenvalue weighted by molar-refractivity contribution is 0.0997. The molecule has 6 heteroatoms. The Morgan fingerprint density at radius 1 is 1.35 bits per heavy atom. The first-order valence-electron chi connectivity index (χ1n) is 8.24. The van der Waals surface area contributed by atoms with Crippen molar-refractivity contribution < 1.29 is 9.18 Å². The minimum atomic E-state index is -0.332. The van der Waals surface area contributed by atoms with Gasteiger partial charge in [0.05, 0.1) is 10.2 Å². The fourth-order valence-corrected chi connectivity index (χ4v) is 4.55. The highest BCUT2D eigenvalue weighted by atomic mass is 32.2. The molecular formula is C20H19FN2OS2. The van der Waals surface area contributed by atoms with E-state index in [0.29, 0.717) is 27.7 Å². The number of thiazole rings is 1. The highest BCUT2D eigenvalue weighted by Gasteiger charge is 2.12. The van der Waals surface area contributed by atoms with Gasteiger partial charge in [-0.3, -0.25) is 4.79 Å². The highest BCUT2D eigenvalue weighted by Crippen LogP contribution is 2.24. The number of benzene rings is 2. The summed E-state index contributed by atoms with van der Waals surface area (Å²) in [4.78, 5) is 18.4. The largest absolute Gasteiger partial charge is 0.310 e. The van der Waals surface area contributed by atoms with Crippen LogP contribution in [0, 0.1) is 5.82 Å². The van der Waals surface area contributed by atoms with Crippen LogP contribution in [0.3, 0.4) is 0 Å². The normalized spacial score (nSPS) is 12.1. The van der Waals surface area contributed by atoms with Crippen LogP contribution < -0.4 is 4.80 Å². The Balaban J connectivity index is 2.07. The van der Waals surface area contributed by atoms with Gasteiger partial charge in [-0.25, -0.2) is 4.39 Å². The molecule has 1 aromatic heterocycles. The van der Waals surface area contributed by atoms with Crippen LogP contribution in [0.4, 0.5) is 4.39 Å². The number of hydrogen-bond donors (Lipinski definition) is 0. The molecule has 0 atom stereocenters. The Morgan fingerprint density at radius 3 is 2.85 bits per heavy atom. The van der Waals surface area contributed by atoms with Gasteiger partial charge in [-0.1, -0.05) is 43.4 Å². The number of allylic oxidation sites excluding steroid dienone is 1. The summed E-state index contributed by atoms with van der Waals surface area (Å²) in [5.74, 6) is -0.661. The lowest BCUT2D eigenvalue weighted by atomic mass is 10.2. The summed E-state index contributed by atoms with van der Waals surface area (Å²) >= 11 is 2.99. The third-order valence-corrected chi connectivity index (χ3v) is 5.65. The summed E-state index contributed by atoms with van der Waals surface area (Å²) in [6, 6.07) is 12.3. The van der Waals surface area contributed by atoms with E-state index in [1.165, 1.54) is 17.4 Å². The Labute approximate surface area is 159 Å². The number of thioether (sulfide) groups is 1. The van der Waals surface area contributed by atoms with E-state index in [2.05, 4.69) is 25.4 Å². The van der Waals surface area contributed by atoms with E-state index in [-0.39, 0.29) is 11.7 Å². The molecule has 1 amide bonds. The number of para-hydroxylation sites is 1. The fraction of sp³-hybridized carbons (Fsp3) is 0.200. The molecule has 0 saturated heterocycles. The molecule has 0 aliphatic heterocycles. The molecule has 0 aliphatic carbocycles. The van der Waals surface area contributed by atoms with Crippen molar-refractivity contribution in [3.05, 3.63) is 71.3 Å². The van der Waals surface area contributed by atoms with E-state index in [0.717, 1.165) is 9.60 Å². The smallest absolute Gasteiger partial charge is 0.279 e. The lowest BCUT2D eigenvalue weighted by Gasteiger charge is -2.05. The zero-order valence-corrected chi connectivity index (χ0v) is 16.2. The van der Waals surface area contributed by atoms with Gasteiger partial charge in [0.25, 0.3) is 5.91 Å². The average molecular weight is 387 g/mol. The maximum atomic E-state index is 14.2. The van der Waals surface area contributed by atoms with Crippen molar-refractivity contribution in [3.63, 3.8) is 0 Å².